The van der Waals surface area contributed by atoms with Crippen LogP contribution in [-0.4, -0.2) is 96.1 Å². The Labute approximate surface area is 822 Å². The van der Waals surface area contributed by atoms with Crippen molar-refractivity contribution in [2.75, 3.05) is 34.8 Å². The maximum Gasteiger partial charge on any atom is 0.141 e. The van der Waals surface area contributed by atoms with E-state index in [1.54, 1.807) is 16.7 Å². The molecule has 0 unspecified atom stereocenters. The maximum absolute atomic E-state index is 6.66. The molecule has 0 amide bonds. The minimum absolute atomic E-state index is 0.000579. The predicted molar refractivity (Wildman–Crippen MR) is 582 cm³/mol. The van der Waals surface area contributed by atoms with Gasteiger partial charge in [0.05, 0.1) is 28.0 Å². The van der Waals surface area contributed by atoms with Crippen molar-refractivity contribution < 1.29 is 14.2 Å². The van der Waals surface area contributed by atoms with Crippen LogP contribution in [0, 0.1) is 46.3 Å². The van der Waals surface area contributed by atoms with Gasteiger partial charge in [0, 0.05) is 137 Å². The Morgan fingerprint density at radius 3 is 0.828 bits per heavy atom. The fraction of sp³-hybridized carbons (Fsp3) is 0.616. The highest BCUT2D eigenvalue weighted by molar-refractivity contribution is 5.68. The highest BCUT2D eigenvalue weighted by Crippen LogP contribution is 2.65. The van der Waals surface area contributed by atoms with Crippen molar-refractivity contribution >= 4 is 17.1 Å². The average molecular weight is 1830 g/mol. The molecule has 5 aromatic rings. The zero-order valence-corrected chi connectivity index (χ0v) is 95.3. The molecule has 0 atom stereocenters. The first-order valence-corrected chi connectivity index (χ1v) is 51.1. The van der Waals surface area contributed by atoms with Crippen LogP contribution in [0.25, 0.3) is 0 Å². The average Bonchev–Trinajstić information content (AvgIpc) is 1.52. The van der Waals surface area contributed by atoms with Gasteiger partial charge < -0.3 is 43.6 Å². The number of allylic oxidation sites excluding steroid dienone is 6. The standard InChI is InChI=1S/C20H22O.C18H27N.C16H23N.C14H19N.C14H27N.C12H23N.C11H21N.C10H14O.C10H16O/c1-15-16(2)20(21-19(15,3)4,17-11-7-5-8-12-17)18-13-9-6-10-14-18;1-12-10-9-11-13(2)16(12)19-15(4)14(3)17(5,6)18(19,7)8;1-12-13(2)17(14-10-8-7-9-11-14)16(5,6)15(12,3)4;1-11-12(2)15(10-14(11,3)4)13-8-6-5-7-9-13;1-10-11(2)15(12(3,4)5)14(8,9)13(10,6)7;1-9-10(2)13(11(3,4)5)8-12(9,6)7;1-8-9(2)12(7)11(5,6)10(8,3)4;1-7-8(2)10(5-6-10)11-9(7)3-4-9;1-7-8(2)10(5-6-10)11-9(7,3)4/h5-14H,1-4H3;9-11H,1-8H3;7-11H,1-6H3;5-9H,10H2,1-4H3;1-9H3;8H2,1-7H3;1-7H3;3-6H2,1-2H3;5-6H2,1-4H3. The van der Waals surface area contributed by atoms with Crippen LogP contribution in [0.4, 0.5) is 17.1 Å². The first-order chi connectivity index (χ1) is 60.9. The Bertz CT molecular complexity index is 5250. The van der Waals surface area contributed by atoms with E-state index in [1.807, 2.05) is 12.1 Å². The molecule has 3 fully saturated rings. The summed E-state index contributed by atoms with van der Waals surface area (Å²) in [6, 6.07) is 48.9. The third kappa shape index (κ3) is 19.8. The number of rotatable bonds is 5. The van der Waals surface area contributed by atoms with E-state index in [1.165, 1.54) is 162 Å². The number of anilines is 3. The summed E-state index contributed by atoms with van der Waals surface area (Å²) in [7, 11) is 2.19. The lowest BCUT2D eigenvalue weighted by Crippen LogP contribution is -2.55. The molecule has 12 aliphatic rings. The Hall–Kier alpha value is -7.56. The maximum atomic E-state index is 6.66. The summed E-state index contributed by atoms with van der Waals surface area (Å²) in [6.45, 7) is 116. The van der Waals surface area contributed by atoms with E-state index in [4.69, 9.17) is 14.2 Å². The molecule has 0 bridgehead atoms. The lowest BCUT2D eigenvalue weighted by atomic mass is 9.71. The van der Waals surface area contributed by atoms with Gasteiger partial charge in [0.15, 0.2) is 0 Å². The molecule has 134 heavy (non-hydrogen) atoms. The molecule has 3 saturated carbocycles. The van der Waals surface area contributed by atoms with Crippen LogP contribution in [-0.2, 0) is 19.8 Å². The van der Waals surface area contributed by atoms with Gasteiger partial charge in [0.25, 0.3) is 0 Å². The van der Waals surface area contributed by atoms with E-state index >= 15 is 0 Å². The van der Waals surface area contributed by atoms with Gasteiger partial charge in [-0.25, -0.2) is 0 Å². The van der Waals surface area contributed by atoms with Crippen LogP contribution >= 0.6 is 0 Å². The van der Waals surface area contributed by atoms with Gasteiger partial charge in [-0.15, -0.1) is 0 Å². The summed E-state index contributed by atoms with van der Waals surface area (Å²) in [4.78, 5) is 14.9. The molecule has 0 aromatic heterocycles. The Kier molecular flexibility index (Phi) is 30.8. The molecule has 17 rings (SSSR count). The molecule has 9 heteroatoms. The summed E-state index contributed by atoms with van der Waals surface area (Å²) >= 11 is 0. The van der Waals surface area contributed by atoms with Gasteiger partial charge >= 0.3 is 0 Å². The zero-order valence-electron chi connectivity index (χ0n) is 95.3. The first-order valence-electron chi connectivity index (χ1n) is 51.1. The van der Waals surface area contributed by atoms with Crippen LogP contribution in [0.1, 0.15) is 393 Å². The first kappa shape index (κ1) is 110. The van der Waals surface area contributed by atoms with E-state index in [0.717, 1.165) is 13.1 Å². The van der Waals surface area contributed by atoms with Gasteiger partial charge in [-0.2, -0.15) is 0 Å². The third-order valence-electron chi connectivity index (χ3n) is 38.1. The van der Waals surface area contributed by atoms with Crippen molar-refractivity contribution in [1.82, 2.24) is 14.7 Å². The summed E-state index contributed by atoms with van der Waals surface area (Å²) < 4.78 is 18.8. The van der Waals surface area contributed by atoms with Crippen LogP contribution < -0.4 is 14.7 Å². The molecular weight excluding hydrogens is 1630 g/mol. The fourth-order valence-electron chi connectivity index (χ4n) is 23.4. The molecule has 3 aliphatic carbocycles. The normalized spacial score (nSPS) is 24.1. The molecule has 0 N–H and O–H groups in total. The Morgan fingerprint density at radius 1 is 0.261 bits per heavy atom. The van der Waals surface area contributed by atoms with Crippen molar-refractivity contribution in [2.24, 2.45) is 32.5 Å². The molecule has 740 valence electrons. The molecule has 9 heterocycles. The van der Waals surface area contributed by atoms with Gasteiger partial charge in [-0.3, -0.25) is 0 Å². The summed E-state index contributed by atoms with van der Waals surface area (Å²) in [5.41, 5.74) is 38.1. The van der Waals surface area contributed by atoms with Crippen molar-refractivity contribution in [1.29, 1.82) is 0 Å². The number of benzene rings is 5. The lowest BCUT2D eigenvalue weighted by Gasteiger charge is -2.50. The van der Waals surface area contributed by atoms with Gasteiger partial charge in [0.1, 0.15) is 5.60 Å². The number of hydrogen-bond donors (Lipinski definition) is 0. The molecule has 3 spiro atoms. The highest BCUT2D eigenvalue weighted by atomic mass is 16.5. The van der Waals surface area contributed by atoms with Gasteiger partial charge in [0.2, 0.25) is 0 Å². The second-order valence-electron chi connectivity index (χ2n) is 50.7. The zero-order chi connectivity index (χ0) is 102. The third-order valence-corrected chi connectivity index (χ3v) is 38.1. The highest BCUT2D eigenvalue weighted by Gasteiger charge is 2.64. The molecule has 9 aliphatic heterocycles. The smallest absolute Gasteiger partial charge is 0.141 e. The number of ether oxygens (including phenoxy) is 3. The lowest BCUT2D eigenvalue weighted by molar-refractivity contribution is -0.0581. The van der Waals surface area contributed by atoms with Crippen molar-refractivity contribution in [2.45, 2.75) is 452 Å². The van der Waals surface area contributed by atoms with Crippen molar-refractivity contribution in [3.63, 3.8) is 0 Å². The number of hydrogen-bond acceptors (Lipinski definition) is 9. The van der Waals surface area contributed by atoms with Gasteiger partial charge in [-0.05, 0) is 415 Å². The molecular formula is C125H192N6O3. The van der Waals surface area contributed by atoms with Crippen LogP contribution in [0.5, 0.6) is 0 Å². The van der Waals surface area contributed by atoms with E-state index < -0.39 is 5.60 Å². The minimum Gasteiger partial charge on any atom is -0.372 e. The molecule has 0 radical (unpaired) electrons. The largest absolute Gasteiger partial charge is 0.372 e. The Morgan fingerprint density at radius 2 is 0.582 bits per heavy atom. The van der Waals surface area contributed by atoms with Crippen LogP contribution in [0.15, 0.2) is 241 Å². The van der Waals surface area contributed by atoms with Crippen molar-refractivity contribution in [3.05, 3.63) is 263 Å². The van der Waals surface area contributed by atoms with Gasteiger partial charge in [-0.1, -0.05) is 198 Å². The summed E-state index contributed by atoms with van der Waals surface area (Å²) in [5, 5.41) is 0. The molecule has 5 aromatic carbocycles. The summed E-state index contributed by atoms with van der Waals surface area (Å²) in [6.07, 6.45) is 7.57. The van der Waals surface area contributed by atoms with Crippen molar-refractivity contribution in [3.8, 4) is 0 Å². The minimum atomic E-state index is -0.476. The quantitative estimate of drug-likeness (QED) is 0.160. The second-order valence-corrected chi connectivity index (χ2v) is 50.7. The SMILES string of the molecule is CC1=C(C)C(C)(C)C(C)(C)N1C.CC1=C(C)C(C)(C)C(C)(C)N1C(C)(C)C.CC1=C(C)C(C)(C)C(C)(C)N1c1c(C)cccc1C.CC1=C(C)C(C)(C)C(C)(C)N1c1ccccc1.CC1=C(C)C(C)(C)CN1C(C)(C)C.CC1=C(C)C(C)(C)CN1c1ccccc1.CC1=C(C)C(c2ccccc2)(c2ccccc2)OC1(C)C.CC1=C(C)C2(CC2)OC1(C)C.CC1=C(C)C2(CC2)OC12CC2. The van der Waals surface area contributed by atoms with Crippen LogP contribution in [0.3, 0.4) is 0 Å². The topological polar surface area (TPSA) is 47.1 Å². The molecule has 0 saturated heterocycles. The number of aryl methyl sites for hydroxylation is 2. The number of para-hydroxylation sites is 3. The number of nitrogens with zero attached hydrogens (tertiary/aromatic N) is 6. The fourth-order valence-corrected chi connectivity index (χ4v) is 23.4. The summed E-state index contributed by atoms with van der Waals surface area (Å²) in [5.74, 6) is 0. The van der Waals surface area contributed by atoms with Crippen LogP contribution in [0.2, 0.25) is 0 Å². The van der Waals surface area contributed by atoms with E-state index in [0.29, 0.717) is 16.2 Å². The van der Waals surface area contributed by atoms with E-state index in [9.17, 15) is 0 Å². The second kappa shape index (κ2) is 37.6. The molecule has 9 nitrogen and oxygen atoms in total. The Balaban J connectivity index is 0.000000171. The van der Waals surface area contributed by atoms with E-state index in [-0.39, 0.29) is 77.5 Å². The predicted octanol–water partition coefficient (Wildman–Crippen LogP) is 34.5. The van der Waals surface area contributed by atoms with E-state index in [2.05, 4.69) is 510 Å². The monoisotopic (exact) mass is 1830 g/mol.